The quantitative estimate of drug-likeness (QED) is 0.704. The van der Waals surface area contributed by atoms with E-state index in [1.54, 1.807) is 11.3 Å². The highest BCUT2D eigenvalue weighted by molar-refractivity contribution is 7.13. The van der Waals surface area contributed by atoms with Gasteiger partial charge in [-0.05, 0) is 34.7 Å². The Morgan fingerprint density at radius 3 is 2.50 bits per heavy atom. The molecule has 0 saturated carbocycles. The monoisotopic (exact) mass is 358 g/mol. The van der Waals surface area contributed by atoms with Crippen LogP contribution in [0, 0.1) is 0 Å². The van der Waals surface area contributed by atoms with Crippen LogP contribution in [0.4, 0.5) is 5.69 Å². The molecular weight excluding hydrogens is 340 g/mol. The molecule has 0 saturated heterocycles. The van der Waals surface area contributed by atoms with Crippen LogP contribution >= 0.6 is 23.7 Å². The van der Waals surface area contributed by atoms with E-state index in [9.17, 15) is 4.79 Å². The Labute approximate surface area is 151 Å². The lowest BCUT2D eigenvalue weighted by Gasteiger charge is -2.15. The third-order valence-electron chi connectivity index (χ3n) is 3.69. The Kier molecular flexibility index (Phi) is 6.55. The molecule has 0 bridgehead atoms. The van der Waals surface area contributed by atoms with Crippen LogP contribution in [-0.4, -0.2) is 12.5 Å². The number of hydrogen-bond acceptors (Lipinski definition) is 3. The van der Waals surface area contributed by atoms with Crippen molar-refractivity contribution in [3.8, 4) is 10.4 Å². The molecular formula is C19H19ClN2OS. The molecule has 1 aromatic heterocycles. The zero-order valence-electron chi connectivity index (χ0n) is 13.0. The normalized spacial score (nSPS) is 11.4. The summed E-state index contributed by atoms with van der Waals surface area (Å²) in [5.74, 6) is -0.427. The molecule has 124 valence electrons. The lowest BCUT2D eigenvalue weighted by atomic mass is 9.98. The molecule has 0 spiro atoms. The topological polar surface area (TPSA) is 55.1 Å². The lowest BCUT2D eigenvalue weighted by Crippen LogP contribution is -2.27. The van der Waals surface area contributed by atoms with Gasteiger partial charge in [0.2, 0.25) is 5.91 Å². The molecule has 3 aromatic rings. The maximum absolute atomic E-state index is 12.6. The third kappa shape index (κ3) is 4.23. The Morgan fingerprint density at radius 1 is 1.04 bits per heavy atom. The van der Waals surface area contributed by atoms with Gasteiger partial charge in [0, 0.05) is 17.1 Å². The average molecular weight is 359 g/mol. The first-order chi connectivity index (χ1) is 11.3. The predicted molar refractivity (Wildman–Crippen MR) is 104 cm³/mol. The first-order valence-electron chi connectivity index (χ1n) is 7.48. The van der Waals surface area contributed by atoms with Crippen LogP contribution in [0.15, 0.2) is 72.1 Å². The van der Waals surface area contributed by atoms with Crippen molar-refractivity contribution in [3.63, 3.8) is 0 Å². The zero-order chi connectivity index (χ0) is 16.1. The van der Waals surface area contributed by atoms with Crippen LogP contribution < -0.4 is 11.1 Å². The van der Waals surface area contributed by atoms with Crippen LogP contribution in [0.5, 0.6) is 0 Å². The van der Waals surface area contributed by atoms with E-state index in [1.807, 2.05) is 66.0 Å². The van der Waals surface area contributed by atoms with Gasteiger partial charge in [-0.2, -0.15) is 0 Å². The molecule has 5 heteroatoms. The number of benzene rings is 2. The fourth-order valence-electron chi connectivity index (χ4n) is 2.50. The van der Waals surface area contributed by atoms with Gasteiger partial charge in [0.15, 0.2) is 0 Å². The van der Waals surface area contributed by atoms with Gasteiger partial charge in [-0.3, -0.25) is 4.79 Å². The molecule has 0 radical (unpaired) electrons. The second-order valence-electron chi connectivity index (χ2n) is 5.25. The number of carbonyl (C=O) groups excluding carboxylic acids is 1. The molecule has 1 amide bonds. The van der Waals surface area contributed by atoms with Crippen molar-refractivity contribution in [3.05, 3.63) is 77.7 Å². The van der Waals surface area contributed by atoms with Crippen molar-refractivity contribution in [1.82, 2.24) is 0 Å². The predicted octanol–water partition coefficient (Wildman–Crippen LogP) is 4.52. The fourth-order valence-corrected chi connectivity index (χ4v) is 3.23. The summed E-state index contributed by atoms with van der Waals surface area (Å²) in [7, 11) is 0. The molecule has 0 aliphatic heterocycles. The van der Waals surface area contributed by atoms with E-state index in [0.717, 1.165) is 16.8 Å². The van der Waals surface area contributed by atoms with Crippen LogP contribution in [0.2, 0.25) is 0 Å². The van der Waals surface area contributed by atoms with E-state index in [0.29, 0.717) is 0 Å². The Morgan fingerprint density at radius 2 is 1.83 bits per heavy atom. The average Bonchev–Trinajstić information content (AvgIpc) is 3.11. The summed E-state index contributed by atoms with van der Waals surface area (Å²) in [4.78, 5) is 13.7. The largest absolute Gasteiger partial charge is 0.329 e. The molecule has 1 atom stereocenters. The van der Waals surface area contributed by atoms with Crippen molar-refractivity contribution in [2.24, 2.45) is 5.73 Å². The SMILES string of the molecule is Cl.NCC(C(=O)Nc1cccc(-c2cccs2)c1)c1ccccc1. The number of anilines is 1. The molecule has 1 heterocycles. The van der Waals surface area contributed by atoms with Crippen molar-refractivity contribution in [2.75, 3.05) is 11.9 Å². The first kappa shape index (κ1) is 18.2. The lowest BCUT2D eigenvalue weighted by molar-refractivity contribution is -0.117. The van der Waals surface area contributed by atoms with Gasteiger partial charge in [-0.1, -0.05) is 48.5 Å². The van der Waals surface area contributed by atoms with Crippen molar-refractivity contribution in [2.45, 2.75) is 5.92 Å². The summed E-state index contributed by atoms with van der Waals surface area (Å²) < 4.78 is 0. The fraction of sp³-hybridized carbons (Fsp3) is 0.105. The Hall–Kier alpha value is -2.14. The smallest absolute Gasteiger partial charge is 0.233 e. The highest BCUT2D eigenvalue weighted by Crippen LogP contribution is 2.27. The maximum atomic E-state index is 12.6. The third-order valence-corrected chi connectivity index (χ3v) is 4.61. The number of nitrogens with two attached hydrogens (primary N) is 1. The summed E-state index contributed by atoms with van der Waals surface area (Å²) in [6.07, 6.45) is 0. The molecule has 24 heavy (non-hydrogen) atoms. The van der Waals surface area contributed by atoms with E-state index in [2.05, 4.69) is 11.4 Å². The van der Waals surface area contributed by atoms with Gasteiger partial charge in [0.1, 0.15) is 0 Å². The minimum atomic E-state index is -0.346. The van der Waals surface area contributed by atoms with Gasteiger partial charge < -0.3 is 11.1 Å². The Bertz CT molecular complexity index is 775. The molecule has 0 aliphatic carbocycles. The molecule has 3 rings (SSSR count). The number of carbonyl (C=O) groups is 1. The van der Waals surface area contributed by atoms with E-state index in [-0.39, 0.29) is 30.8 Å². The van der Waals surface area contributed by atoms with E-state index < -0.39 is 0 Å². The second-order valence-corrected chi connectivity index (χ2v) is 6.19. The number of nitrogens with one attached hydrogen (secondary N) is 1. The number of hydrogen-bond donors (Lipinski definition) is 2. The summed E-state index contributed by atoms with van der Waals surface area (Å²) in [5, 5.41) is 5.02. The summed E-state index contributed by atoms with van der Waals surface area (Å²) in [6, 6.07) is 21.6. The molecule has 3 nitrogen and oxygen atoms in total. The van der Waals surface area contributed by atoms with Crippen molar-refractivity contribution < 1.29 is 4.79 Å². The highest BCUT2D eigenvalue weighted by Gasteiger charge is 2.18. The summed E-state index contributed by atoms with van der Waals surface area (Å²) in [5.41, 5.74) is 8.63. The van der Waals surface area contributed by atoms with Crippen LogP contribution in [0.1, 0.15) is 11.5 Å². The van der Waals surface area contributed by atoms with Gasteiger partial charge in [0.25, 0.3) is 0 Å². The van der Waals surface area contributed by atoms with Crippen LogP contribution in [-0.2, 0) is 4.79 Å². The molecule has 3 N–H and O–H groups in total. The number of amides is 1. The highest BCUT2D eigenvalue weighted by atomic mass is 35.5. The molecule has 0 aliphatic rings. The van der Waals surface area contributed by atoms with Gasteiger partial charge >= 0.3 is 0 Å². The second kappa shape index (κ2) is 8.64. The zero-order valence-corrected chi connectivity index (χ0v) is 14.6. The van der Waals surface area contributed by atoms with E-state index >= 15 is 0 Å². The van der Waals surface area contributed by atoms with Gasteiger partial charge in [0.05, 0.1) is 5.92 Å². The number of halogens is 1. The number of thiophene rings is 1. The standard InChI is InChI=1S/C19H18N2OS.ClH/c20-13-17(14-6-2-1-3-7-14)19(22)21-16-9-4-8-15(12-16)18-10-5-11-23-18;/h1-12,17H,13,20H2,(H,21,22);1H. The van der Waals surface area contributed by atoms with E-state index in [4.69, 9.17) is 5.73 Å². The molecule has 1 unspecified atom stereocenters. The summed E-state index contributed by atoms with van der Waals surface area (Å²) >= 11 is 1.68. The van der Waals surface area contributed by atoms with Crippen LogP contribution in [0.3, 0.4) is 0 Å². The first-order valence-corrected chi connectivity index (χ1v) is 8.35. The van der Waals surface area contributed by atoms with Crippen molar-refractivity contribution >= 4 is 35.3 Å². The maximum Gasteiger partial charge on any atom is 0.233 e. The van der Waals surface area contributed by atoms with Crippen molar-refractivity contribution in [1.29, 1.82) is 0 Å². The minimum Gasteiger partial charge on any atom is -0.329 e. The van der Waals surface area contributed by atoms with E-state index in [1.165, 1.54) is 4.88 Å². The molecule has 0 fully saturated rings. The van der Waals surface area contributed by atoms with Gasteiger partial charge in [-0.15, -0.1) is 23.7 Å². The minimum absolute atomic E-state index is 0. The summed E-state index contributed by atoms with van der Waals surface area (Å²) in [6.45, 7) is 0.278. The Balaban J connectivity index is 0.00000208. The number of rotatable bonds is 5. The van der Waals surface area contributed by atoms with Gasteiger partial charge in [-0.25, -0.2) is 0 Å². The molecule has 2 aromatic carbocycles. The van der Waals surface area contributed by atoms with Crippen LogP contribution in [0.25, 0.3) is 10.4 Å².